The number of ether oxygens (including phenoxy) is 1. The molecule has 118 valence electrons. The number of nitriles is 1. The van der Waals surface area contributed by atoms with Gasteiger partial charge in [0, 0.05) is 5.56 Å². The van der Waals surface area contributed by atoms with Gasteiger partial charge in [-0.05, 0) is 29.8 Å². The fourth-order valence-electron chi connectivity index (χ4n) is 2.27. The summed E-state index contributed by atoms with van der Waals surface area (Å²) in [5, 5.41) is 9.24. The zero-order chi connectivity index (χ0) is 16.9. The molecule has 0 saturated carbocycles. The van der Waals surface area contributed by atoms with E-state index in [2.05, 4.69) is 9.97 Å². The predicted molar refractivity (Wildman–Crippen MR) is 91.8 cm³/mol. The van der Waals surface area contributed by atoms with Crippen molar-refractivity contribution in [1.29, 1.82) is 5.26 Å². The molecule has 0 radical (unpaired) electrons. The molecule has 0 amide bonds. The second kappa shape index (κ2) is 6.67. The lowest BCUT2D eigenvalue weighted by molar-refractivity contribution is 0.306. The maximum Gasteiger partial charge on any atom is 0.222 e. The minimum Gasteiger partial charge on any atom is -0.489 e. The zero-order valence-electron chi connectivity index (χ0n) is 12.8. The van der Waals surface area contributed by atoms with Crippen LogP contribution in [0.25, 0.3) is 11.3 Å². The third kappa shape index (κ3) is 3.25. The maximum atomic E-state index is 9.24. The van der Waals surface area contributed by atoms with Crippen LogP contribution in [0.5, 0.6) is 5.75 Å². The highest BCUT2D eigenvalue weighted by molar-refractivity contribution is 5.73. The number of anilines is 2. The van der Waals surface area contributed by atoms with Crippen LogP contribution >= 0.6 is 0 Å². The Balaban J connectivity index is 1.81. The minimum atomic E-state index is 0.0332. The highest BCUT2D eigenvalue weighted by atomic mass is 16.5. The van der Waals surface area contributed by atoms with E-state index in [9.17, 15) is 5.26 Å². The van der Waals surface area contributed by atoms with Crippen molar-refractivity contribution in [2.24, 2.45) is 0 Å². The first-order valence-corrected chi connectivity index (χ1v) is 7.27. The summed E-state index contributed by atoms with van der Waals surface area (Å²) in [6, 6.07) is 19.2. The van der Waals surface area contributed by atoms with Crippen LogP contribution in [0.1, 0.15) is 11.1 Å². The fourth-order valence-corrected chi connectivity index (χ4v) is 2.27. The van der Waals surface area contributed by atoms with Gasteiger partial charge in [-0.1, -0.05) is 30.3 Å². The first-order valence-electron chi connectivity index (χ1n) is 7.27. The Bertz CT molecular complexity index is 886. The van der Waals surface area contributed by atoms with Crippen LogP contribution in [0.15, 0.2) is 54.6 Å². The summed E-state index contributed by atoms with van der Waals surface area (Å²) >= 11 is 0. The van der Waals surface area contributed by atoms with E-state index in [0.717, 1.165) is 16.9 Å². The van der Waals surface area contributed by atoms with Gasteiger partial charge in [-0.15, -0.1) is 0 Å². The smallest absolute Gasteiger partial charge is 0.222 e. The first-order chi connectivity index (χ1) is 11.7. The molecule has 0 atom stereocenters. The van der Waals surface area contributed by atoms with Crippen molar-refractivity contribution >= 4 is 11.8 Å². The Kier molecular flexibility index (Phi) is 4.25. The lowest BCUT2D eigenvalue weighted by Crippen LogP contribution is -2.05. The molecule has 3 rings (SSSR count). The molecule has 4 N–H and O–H groups in total. The van der Waals surface area contributed by atoms with E-state index < -0.39 is 0 Å². The molecule has 0 unspecified atom stereocenters. The predicted octanol–water partition coefficient (Wildman–Crippen LogP) is 2.76. The van der Waals surface area contributed by atoms with E-state index in [1.807, 2.05) is 60.7 Å². The summed E-state index contributed by atoms with van der Waals surface area (Å²) in [7, 11) is 0. The van der Waals surface area contributed by atoms with Crippen molar-refractivity contribution in [3.8, 4) is 23.1 Å². The number of nitrogens with zero attached hydrogens (tertiary/aromatic N) is 3. The second-order valence-electron chi connectivity index (χ2n) is 5.10. The molecule has 0 bridgehead atoms. The van der Waals surface area contributed by atoms with Crippen molar-refractivity contribution in [2.45, 2.75) is 6.61 Å². The lowest BCUT2D eigenvalue weighted by atomic mass is 10.1. The summed E-state index contributed by atoms with van der Waals surface area (Å²) in [6.07, 6.45) is 0. The SMILES string of the molecule is N#Cc1c(N)nc(N)nc1-c1ccc(OCc2ccccc2)cc1. The van der Waals surface area contributed by atoms with Gasteiger partial charge in [0.1, 0.15) is 29.8 Å². The van der Waals surface area contributed by atoms with E-state index in [4.69, 9.17) is 16.2 Å². The van der Waals surface area contributed by atoms with Gasteiger partial charge in [0.05, 0.1) is 5.69 Å². The number of nitrogens with two attached hydrogens (primary N) is 2. The topological polar surface area (TPSA) is 111 Å². The molecule has 2 aromatic carbocycles. The van der Waals surface area contributed by atoms with E-state index in [1.54, 1.807) is 0 Å². The van der Waals surface area contributed by atoms with Crippen molar-refractivity contribution in [3.63, 3.8) is 0 Å². The van der Waals surface area contributed by atoms with Crippen molar-refractivity contribution in [1.82, 2.24) is 9.97 Å². The van der Waals surface area contributed by atoms with Crippen LogP contribution in [0.4, 0.5) is 11.8 Å². The average Bonchev–Trinajstić information content (AvgIpc) is 2.61. The van der Waals surface area contributed by atoms with Crippen molar-refractivity contribution < 1.29 is 4.74 Å². The first kappa shape index (κ1) is 15.3. The maximum absolute atomic E-state index is 9.24. The number of hydrogen-bond donors (Lipinski definition) is 2. The highest BCUT2D eigenvalue weighted by Gasteiger charge is 2.13. The van der Waals surface area contributed by atoms with Crippen LogP contribution < -0.4 is 16.2 Å². The van der Waals surface area contributed by atoms with Gasteiger partial charge in [0.25, 0.3) is 0 Å². The van der Waals surface area contributed by atoms with Gasteiger partial charge in [-0.3, -0.25) is 0 Å². The van der Waals surface area contributed by atoms with Crippen molar-refractivity contribution in [3.05, 3.63) is 65.7 Å². The molecule has 0 spiro atoms. The molecule has 0 aliphatic rings. The minimum absolute atomic E-state index is 0.0332. The van der Waals surface area contributed by atoms with Crippen LogP contribution in [0.3, 0.4) is 0 Å². The Labute approximate surface area is 139 Å². The molecule has 0 aliphatic carbocycles. The molecule has 0 saturated heterocycles. The van der Waals surface area contributed by atoms with E-state index >= 15 is 0 Å². The van der Waals surface area contributed by atoms with Crippen LogP contribution in [0.2, 0.25) is 0 Å². The summed E-state index contributed by atoms with van der Waals surface area (Å²) in [4.78, 5) is 7.93. The molecule has 1 aromatic heterocycles. The number of rotatable bonds is 4. The van der Waals surface area contributed by atoms with Gasteiger partial charge >= 0.3 is 0 Å². The molecule has 0 fully saturated rings. The lowest BCUT2D eigenvalue weighted by Gasteiger charge is -2.09. The van der Waals surface area contributed by atoms with Crippen LogP contribution in [0, 0.1) is 11.3 Å². The molecule has 0 aliphatic heterocycles. The molecule has 24 heavy (non-hydrogen) atoms. The van der Waals surface area contributed by atoms with Crippen molar-refractivity contribution in [2.75, 3.05) is 11.5 Å². The Hall–Kier alpha value is -3.59. The molecular formula is C18H15N5O. The quantitative estimate of drug-likeness (QED) is 0.765. The van der Waals surface area contributed by atoms with E-state index in [-0.39, 0.29) is 17.3 Å². The van der Waals surface area contributed by atoms with Gasteiger partial charge < -0.3 is 16.2 Å². The monoisotopic (exact) mass is 317 g/mol. The summed E-state index contributed by atoms with van der Waals surface area (Å²) in [6.45, 7) is 0.483. The largest absolute Gasteiger partial charge is 0.489 e. The van der Waals surface area contributed by atoms with Gasteiger partial charge in [-0.2, -0.15) is 10.2 Å². The van der Waals surface area contributed by atoms with Gasteiger partial charge in [0.15, 0.2) is 0 Å². The Morgan fingerprint density at radius 2 is 1.67 bits per heavy atom. The number of nitrogen functional groups attached to an aromatic ring is 2. The fraction of sp³-hybridized carbons (Fsp3) is 0.0556. The molecule has 6 heteroatoms. The van der Waals surface area contributed by atoms with E-state index in [0.29, 0.717) is 12.3 Å². The molecular weight excluding hydrogens is 302 g/mol. The van der Waals surface area contributed by atoms with E-state index in [1.165, 1.54) is 0 Å². The van der Waals surface area contributed by atoms with Crippen LogP contribution in [-0.2, 0) is 6.61 Å². The Morgan fingerprint density at radius 3 is 2.33 bits per heavy atom. The number of hydrogen-bond acceptors (Lipinski definition) is 6. The molecule has 1 heterocycles. The van der Waals surface area contributed by atoms with Gasteiger partial charge in [0.2, 0.25) is 5.95 Å². The van der Waals surface area contributed by atoms with Crippen LogP contribution in [-0.4, -0.2) is 9.97 Å². The standard InChI is InChI=1S/C18H15N5O/c19-10-15-16(22-18(21)23-17(15)20)13-6-8-14(9-7-13)24-11-12-4-2-1-3-5-12/h1-9H,11H2,(H4,20,21,22,23). The summed E-state index contributed by atoms with van der Waals surface area (Å²) in [5.74, 6) is 0.825. The Morgan fingerprint density at radius 1 is 0.958 bits per heavy atom. The highest BCUT2D eigenvalue weighted by Crippen LogP contribution is 2.27. The zero-order valence-corrected chi connectivity index (χ0v) is 12.8. The normalized spacial score (nSPS) is 10.1. The number of aromatic nitrogens is 2. The molecule has 3 aromatic rings. The summed E-state index contributed by atoms with van der Waals surface area (Å²) < 4.78 is 5.74. The molecule has 6 nitrogen and oxygen atoms in total. The van der Waals surface area contributed by atoms with Gasteiger partial charge in [-0.25, -0.2) is 4.98 Å². The third-order valence-corrected chi connectivity index (χ3v) is 3.44. The third-order valence-electron chi connectivity index (χ3n) is 3.44. The average molecular weight is 317 g/mol. The number of benzene rings is 2. The summed E-state index contributed by atoms with van der Waals surface area (Å²) in [5.41, 5.74) is 13.8. The second-order valence-corrected chi connectivity index (χ2v) is 5.10.